The number of ether oxygens (including phenoxy) is 4. The van der Waals surface area contributed by atoms with Crippen molar-refractivity contribution in [3.8, 4) is 67.5 Å². The Balaban J connectivity index is 1.31. The van der Waals surface area contributed by atoms with Crippen molar-refractivity contribution in [1.82, 2.24) is 19.9 Å². The minimum absolute atomic E-state index is 0.0260. The summed E-state index contributed by atoms with van der Waals surface area (Å²) in [5.74, 6) is 3.29. The van der Waals surface area contributed by atoms with Crippen LogP contribution in [0.5, 0.6) is 23.0 Å². The fraction of sp³-hybridized carbons (Fsp3) is 0.312. The molecule has 0 aliphatic carbocycles. The topological polar surface area (TPSA) is 94.3 Å². The second kappa shape index (κ2) is 19.7. The first-order chi connectivity index (χ1) is 34.1. The third kappa shape index (κ3) is 12.0. The molecule has 0 fully saturated rings. The van der Waals surface area contributed by atoms with Gasteiger partial charge in [-0.05, 0) is 141 Å². The predicted molar refractivity (Wildman–Crippen MR) is 300 cm³/mol. The standard InChI is InChI=1S/C64H70N4O4/c1-61(2,3)37-69-45-21-13-41(14-22-45)57-49-29-31-51(65-49)58(42-15-23-46(24-16-42)70-38-62(4,5)6)53-33-35-55(67-53)60(44-19-27-48(28-20-44)72-40-64(10,11)12)56-36-34-54(68-56)59(52-32-30-50(57)66-52)43-17-25-47(26-18-43)71-39-63(7,8)9/h13-36,65,68H,37-40H2,1-12H3. The summed E-state index contributed by atoms with van der Waals surface area (Å²) < 4.78 is 25.0. The van der Waals surface area contributed by atoms with Crippen LogP contribution in [-0.4, -0.2) is 46.4 Å². The molecule has 0 radical (unpaired) electrons. The van der Waals surface area contributed by atoms with E-state index in [0.29, 0.717) is 26.4 Å². The number of nitrogens with one attached hydrogen (secondary N) is 2. The largest absolute Gasteiger partial charge is 0.493 e. The average molecular weight is 959 g/mol. The van der Waals surface area contributed by atoms with E-state index in [2.05, 4.69) is 239 Å². The lowest BCUT2D eigenvalue weighted by Crippen LogP contribution is -2.16. The summed E-state index contributed by atoms with van der Waals surface area (Å²) in [6, 6.07) is 42.1. The molecule has 7 aromatic rings. The summed E-state index contributed by atoms with van der Waals surface area (Å²) in [4.78, 5) is 18.8. The van der Waals surface area contributed by atoms with Gasteiger partial charge in [0.1, 0.15) is 23.0 Å². The molecular weight excluding hydrogens is 889 g/mol. The molecule has 8 heteroatoms. The van der Waals surface area contributed by atoms with E-state index < -0.39 is 0 Å². The van der Waals surface area contributed by atoms with Crippen molar-refractivity contribution >= 4 is 46.4 Å². The van der Waals surface area contributed by atoms with E-state index >= 15 is 0 Å². The van der Waals surface area contributed by atoms with Crippen LogP contribution in [0.1, 0.15) is 106 Å². The van der Waals surface area contributed by atoms with E-state index in [-0.39, 0.29) is 21.7 Å². The number of aromatic amines is 2. The van der Waals surface area contributed by atoms with Gasteiger partial charge in [-0.2, -0.15) is 0 Å². The SMILES string of the molecule is CC(C)(C)COc1ccc(-c2c3nc(c(-c4ccc(OCC(C)(C)C)cc4)c4ccc([nH]4)c(-c4ccc(OCC(C)(C)C)cc4)c4nc(c(-c5ccc(OCC(C)(C)C)cc5)c5ccc2[nH]5)C=C4)C=C3)cc1. The van der Waals surface area contributed by atoms with Crippen molar-refractivity contribution in [2.45, 2.75) is 83.1 Å². The van der Waals surface area contributed by atoms with Crippen molar-refractivity contribution in [1.29, 1.82) is 0 Å². The number of hydrogen-bond acceptors (Lipinski definition) is 6. The third-order valence-electron chi connectivity index (χ3n) is 12.0. The Morgan fingerprint density at radius 3 is 0.667 bits per heavy atom. The molecule has 0 unspecified atom stereocenters. The summed E-state index contributed by atoms with van der Waals surface area (Å²) in [7, 11) is 0. The molecule has 2 N–H and O–H groups in total. The van der Waals surface area contributed by atoms with Gasteiger partial charge < -0.3 is 28.9 Å². The molecule has 4 aromatic carbocycles. The van der Waals surface area contributed by atoms with Gasteiger partial charge in [0.15, 0.2) is 0 Å². The molecule has 0 saturated carbocycles. The van der Waals surface area contributed by atoms with E-state index in [1.165, 1.54) is 0 Å². The number of aromatic nitrogens is 4. The average Bonchev–Trinajstić information content (AvgIpc) is 4.18. The molecule has 5 heterocycles. The van der Waals surface area contributed by atoms with Gasteiger partial charge in [0.25, 0.3) is 0 Å². The summed E-state index contributed by atoms with van der Waals surface area (Å²) in [6.07, 6.45) is 8.52. The number of hydrogen-bond donors (Lipinski definition) is 2. The van der Waals surface area contributed by atoms with E-state index in [1.54, 1.807) is 0 Å². The van der Waals surface area contributed by atoms with Crippen LogP contribution in [0.4, 0.5) is 0 Å². The molecule has 0 atom stereocenters. The first-order valence-electron chi connectivity index (χ1n) is 25.2. The van der Waals surface area contributed by atoms with Crippen LogP contribution in [-0.2, 0) is 0 Å². The van der Waals surface area contributed by atoms with Gasteiger partial charge in [0, 0.05) is 44.3 Å². The Bertz CT molecular complexity index is 2850. The van der Waals surface area contributed by atoms with Crippen molar-refractivity contribution in [3.63, 3.8) is 0 Å². The zero-order chi connectivity index (χ0) is 51.0. The Labute approximate surface area is 426 Å². The normalized spacial score (nSPS) is 12.8. The summed E-state index contributed by atoms with van der Waals surface area (Å²) in [5, 5.41) is 0. The molecule has 2 aliphatic heterocycles. The highest BCUT2D eigenvalue weighted by atomic mass is 16.5. The molecule has 8 bridgehead atoms. The van der Waals surface area contributed by atoms with Crippen molar-refractivity contribution in [2.75, 3.05) is 26.4 Å². The molecule has 9 rings (SSSR count). The van der Waals surface area contributed by atoms with E-state index in [9.17, 15) is 0 Å². The van der Waals surface area contributed by atoms with Gasteiger partial charge in [0.2, 0.25) is 0 Å². The first-order valence-corrected chi connectivity index (χ1v) is 25.2. The zero-order valence-corrected chi connectivity index (χ0v) is 44.2. The fourth-order valence-electron chi connectivity index (χ4n) is 8.49. The predicted octanol–water partition coefficient (Wildman–Crippen LogP) is 17.0. The molecule has 0 spiro atoms. The van der Waals surface area contributed by atoms with Crippen LogP contribution < -0.4 is 18.9 Å². The number of fused-ring (bicyclic) bond motifs is 8. The first kappa shape index (κ1) is 49.7. The van der Waals surface area contributed by atoms with E-state index in [4.69, 9.17) is 28.9 Å². The number of nitrogens with zero attached hydrogens (tertiary/aromatic N) is 2. The lowest BCUT2D eigenvalue weighted by atomic mass is 9.98. The van der Waals surface area contributed by atoms with Gasteiger partial charge in [-0.15, -0.1) is 0 Å². The minimum Gasteiger partial charge on any atom is -0.493 e. The van der Waals surface area contributed by atoms with Crippen LogP contribution in [0.25, 0.3) is 90.9 Å². The quantitative estimate of drug-likeness (QED) is 0.127. The summed E-state index contributed by atoms with van der Waals surface area (Å²) in [5.41, 5.74) is 15.0. The van der Waals surface area contributed by atoms with Crippen LogP contribution in [0.2, 0.25) is 0 Å². The highest BCUT2D eigenvalue weighted by molar-refractivity contribution is 6.00. The molecule has 0 saturated heterocycles. The lowest BCUT2D eigenvalue weighted by Gasteiger charge is -2.19. The monoisotopic (exact) mass is 959 g/mol. The van der Waals surface area contributed by atoms with Crippen LogP contribution in [0.15, 0.2) is 121 Å². The molecule has 370 valence electrons. The Morgan fingerprint density at radius 1 is 0.292 bits per heavy atom. The molecule has 8 nitrogen and oxygen atoms in total. The Morgan fingerprint density at radius 2 is 0.486 bits per heavy atom. The number of rotatable bonds is 12. The van der Waals surface area contributed by atoms with E-state index in [0.717, 1.165) is 112 Å². The maximum Gasteiger partial charge on any atom is 0.119 e. The lowest BCUT2D eigenvalue weighted by molar-refractivity contribution is 0.198. The molecule has 72 heavy (non-hydrogen) atoms. The van der Waals surface area contributed by atoms with E-state index in [1.807, 2.05) is 0 Å². The van der Waals surface area contributed by atoms with Crippen LogP contribution in [0.3, 0.4) is 0 Å². The second-order valence-corrected chi connectivity index (χ2v) is 24.0. The zero-order valence-electron chi connectivity index (χ0n) is 44.2. The van der Waals surface area contributed by atoms with Gasteiger partial charge in [-0.25, -0.2) is 9.97 Å². The molecular formula is C64H70N4O4. The minimum atomic E-state index is 0.0260. The van der Waals surface area contributed by atoms with Crippen molar-refractivity contribution in [2.24, 2.45) is 21.7 Å². The summed E-state index contributed by atoms with van der Waals surface area (Å²) >= 11 is 0. The maximum atomic E-state index is 6.25. The van der Waals surface area contributed by atoms with Crippen LogP contribution >= 0.6 is 0 Å². The van der Waals surface area contributed by atoms with Crippen molar-refractivity contribution < 1.29 is 18.9 Å². The van der Waals surface area contributed by atoms with Gasteiger partial charge in [-0.3, -0.25) is 0 Å². The Hall–Kier alpha value is -7.32. The van der Waals surface area contributed by atoms with Gasteiger partial charge >= 0.3 is 0 Å². The molecule has 3 aromatic heterocycles. The highest BCUT2D eigenvalue weighted by Crippen LogP contribution is 2.40. The molecule has 0 amide bonds. The maximum absolute atomic E-state index is 6.25. The smallest absolute Gasteiger partial charge is 0.119 e. The highest BCUT2D eigenvalue weighted by Gasteiger charge is 2.21. The summed E-state index contributed by atoms with van der Waals surface area (Å²) in [6.45, 7) is 28.6. The second-order valence-electron chi connectivity index (χ2n) is 24.0. The van der Waals surface area contributed by atoms with Crippen LogP contribution in [0, 0.1) is 21.7 Å². The fourth-order valence-corrected chi connectivity index (χ4v) is 8.49. The van der Waals surface area contributed by atoms with Crippen molar-refractivity contribution in [3.05, 3.63) is 144 Å². The van der Waals surface area contributed by atoms with Gasteiger partial charge in [0.05, 0.1) is 49.2 Å². The van der Waals surface area contributed by atoms with Gasteiger partial charge in [-0.1, -0.05) is 132 Å². The number of benzene rings is 4. The third-order valence-corrected chi connectivity index (χ3v) is 12.0. The molecule has 2 aliphatic rings. The Kier molecular flexibility index (Phi) is 13.6. The number of H-pyrrole nitrogens is 2.